The van der Waals surface area contributed by atoms with Gasteiger partial charge in [-0.15, -0.1) is 0 Å². The largest absolute Gasteiger partial charge is 0.394 e. The number of hydrogen-bond acceptors (Lipinski definition) is 4. The summed E-state index contributed by atoms with van der Waals surface area (Å²) in [6.45, 7) is 1.04. The van der Waals surface area contributed by atoms with Crippen molar-refractivity contribution in [2.24, 2.45) is 0 Å². The molecule has 0 heterocycles. The van der Waals surface area contributed by atoms with Gasteiger partial charge in [0.1, 0.15) is 0 Å². The Labute approximate surface area is 148 Å². The Hall–Kier alpha value is -2.17. The van der Waals surface area contributed by atoms with Gasteiger partial charge in [-0.3, -0.25) is 0 Å². The topological polar surface area (TPSA) is 77.8 Å². The van der Waals surface area contributed by atoms with Crippen LogP contribution in [0, 0.1) is 18.8 Å². The van der Waals surface area contributed by atoms with Gasteiger partial charge >= 0.3 is 0 Å². The summed E-state index contributed by atoms with van der Waals surface area (Å²) in [5.41, 5.74) is 1.72. The molecule has 2 aromatic rings. The van der Waals surface area contributed by atoms with Gasteiger partial charge < -0.3 is 10.2 Å². The van der Waals surface area contributed by atoms with Crippen LogP contribution in [0.4, 0.5) is 0 Å². The number of aryl methyl sites for hydroxylation is 1. The van der Waals surface area contributed by atoms with Crippen LogP contribution in [0.3, 0.4) is 0 Å². The Morgan fingerprint density at radius 3 is 2.32 bits per heavy atom. The Kier molecular flexibility index (Phi) is 6.73. The lowest BCUT2D eigenvalue weighted by atomic mass is 10.2. The highest BCUT2D eigenvalue weighted by atomic mass is 32.2. The van der Waals surface area contributed by atoms with E-state index in [9.17, 15) is 13.5 Å². The van der Waals surface area contributed by atoms with Gasteiger partial charge in [-0.1, -0.05) is 47.7 Å². The van der Waals surface area contributed by atoms with Crippen molar-refractivity contribution in [2.45, 2.75) is 17.9 Å². The molecule has 0 saturated heterocycles. The van der Waals surface area contributed by atoms with Gasteiger partial charge in [-0.05, 0) is 31.2 Å². The third-order valence-electron chi connectivity index (χ3n) is 3.55. The number of nitrogens with zero attached hydrogens (tertiary/aromatic N) is 1. The summed E-state index contributed by atoms with van der Waals surface area (Å²) < 4.78 is 26.7. The van der Waals surface area contributed by atoms with Crippen LogP contribution >= 0.6 is 0 Å². The molecule has 2 aromatic carbocycles. The zero-order chi connectivity index (χ0) is 18.3. The first-order valence-corrected chi connectivity index (χ1v) is 9.27. The van der Waals surface area contributed by atoms with E-state index >= 15 is 0 Å². The monoisotopic (exact) mass is 359 g/mol. The number of aliphatic hydroxyl groups excluding tert-OH is 2. The first kappa shape index (κ1) is 19.2. The van der Waals surface area contributed by atoms with Gasteiger partial charge in [0.05, 0.1) is 24.2 Å². The lowest BCUT2D eigenvalue weighted by molar-refractivity contribution is 0.0808. The molecule has 6 heteroatoms. The molecular weight excluding hydrogens is 338 g/mol. The maximum absolute atomic E-state index is 12.8. The van der Waals surface area contributed by atoms with Gasteiger partial charge in [0, 0.05) is 12.1 Å². The van der Waals surface area contributed by atoms with Crippen molar-refractivity contribution in [1.82, 2.24) is 4.31 Å². The molecule has 0 fully saturated rings. The highest BCUT2D eigenvalue weighted by Crippen LogP contribution is 2.16. The van der Waals surface area contributed by atoms with E-state index in [1.807, 2.05) is 37.3 Å². The van der Waals surface area contributed by atoms with Crippen molar-refractivity contribution in [2.75, 3.05) is 19.7 Å². The SMILES string of the molecule is Cc1ccc(S(=O)(=O)N(CC#Cc2ccccc2)C[C@H](O)CO)cc1. The van der Waals surface area contributed by atoms with Crippen molar-refractivity contribution in [3.05, 3.63) is 65.7 Å². The molecule has 132 valence electrons. The van der Waals surface area contributed by atoms with Crippen molar-refractivity contribution >= 4 is 10.0 Å². The second kappa shape index (κ2) is 8.79. The van der Waals surface area contributed by atoms with E-state index < -0.39 is 22.7 Å². The number of benzene rings is 2. The summed E-state index contributed by atoms with van der Waals surface area (Å²) in [5.74, 6) is 5.72. The minimum absolute atomic E-state index is 0.0812. The average Bonchev–Trinajstić information content (AvgIpc) is 2.62. The molecule has 25 heavy (non-hydrogen) atoms. The Morgan fingerprint density at radius 2 is 1.72 bits per heavy atom. The lowest BCUT2D eigenvalue weighted by Gasteiger charge is -2.22. The minimum atomic E-state index is -3.82. The van der Waals surface area contributed by atoms with E-state index in [1.165, 1.54) is 12.1 Å². The van der Waals surface area contributed by atoms with Crippen LogP contribution in [0.2, 0.25) is 0 Å². The molecule has 0 radical (unpaired) electrons. The molecule has 0 spiro atoms. The van der Waals surface area contributed by atoms with Crippen LogP contribution in [0.15, 0.2) is 59.5 Å². The molecule has 0 aliphatic rings. The van der Waals surface area contributed by atoms with Crippen LogP contribution in [-0.2, 0) is 10.0 Å². The molecule has 5 nitrogen and oxygen atoms in total. The molecule has 0 aliphatic heterocycles. The van der Waals surface area contributed by atoms with Crippen LogP contribution in [-0.4, -0.2) is 48.7 Å². The molecule has 0 aromatic heterocycles. The third kappa shape index (κ3) is 5.41. The molecule has 1 atom stereocenters. The number of aliphatic hydroxyl groups is 2. The zero-order valence-corrected chi connectivity index (χ0v) is 14.8. The molecule has 0 saturated carbocycles. The predicted molar refractivity (Wildman–Crippen MR) is 96.4 cm³/mol. The van der Waals surface area contributed by atoms with Crippen LogP contribution < -0.4 is 0 Å². The second-order valence-corrected chi connectivity index (χ2v) is 7.55. The summed E-state index contributed by atoms with van der Waals surface area (Å²) in [4.78, 5) is 0.129. The van der Waals surface area contributed by atoms with Crippen molar-refractivity contribution in [3.63, 3.8) is 0 Å². The number of sulfonamides is 1. The smallest absolute Gasteiger partial charge is 0.244 e. The normalized spacial score (nSPS) is 12.5. The molecule has 0 aliphatic carbocycles. The second-order valence-electron chi connectivity index (χ2n) is 5.61. The molecule has 0 bridgehead atoms. The Morgan fingerprint density at radius 1 is 1.08 bits per heavy atom. The summed E-state index contributed by atoms with van der Waals surface area (Å²) in [7, 11) is -3.82. The predicted octanol–water partition coefficient (Wildman–Crippen LogP) is 1.39. The van der Waals surface area contributed by atoms with Crippen LogP contribution in [0.25, 0.3) is 0 Å². The van der Waals surface area contributed by atoms with E-state index in [2.05, 4.69) is 11.8 Å². The quantitative estimate of drug-likeness (QED) is 0.764. The summed E-state index contributed by atoms with van der Waals surface area (Å²) in [6, 6.07) is 15.7. The van der Waals surface area contributed by atoms with Gasteiger partial charge in [0.25, 0.3) is 0 Å². The minimum Gasteiger partial charge on any atom is -0.394 e. The Balaban J connectivity index is 2.26. The fourth-order valence-corrected chi connectivity index (χ4v) is 3.53. The van der Waals surface area contributed by atoms with Crippen LogP contribution in [0.5, 0.6) is 0 Å². The van der Waals surface area contributed by atoms with Gasteiger partial charge in [0.15, 0.2) is 0 Å². The van der Waals surface area contributed by atoms with Crippen molar-refractivity contribution in [1.29, 1.82) is 0 Å². The average molecular weight is 359 g/mol. The fraction of sp³-hybridized carbons (Fsp3) is 0.263. The van der Waals surface area contributed by atoms with E-state index in [4.69, 9.17) is 5.11 Å². The summed E-state index contributed by atoms with van der Waals surface area (Å²) in [5, 5.41) is 18.7. The first-order valence-electron chi connectivity index (χ1n) is 7.83. The maximum Gasteiger partial charge on any atom is 0.244 e. The third-order valence-corrected chi connectivity index (χ3v) is 5.37. The standard InChI is InChI=1S/C19H21NO4S/c1-16-9-11-19(12-10-16)25(23,24)20(14-18(22)15-21)13-5-8-17-6-3-2-4-7-17/h2-4,6-7,9-12,18,21-22H,13-15H2,1H3/t18-/m0/s1. The van der Waals surface area contributed by atoms with Crippen LogP contribution in [0.1, 0.15) is 11.1 Å². The van der Waals surface area contributed by atoms with Gasteiger partial charge in [-0.2, -0.15) is 4.31 Å². The molecule has 0 amide bonds. The van der Waals surface area contributed by atoms with E-state index in [0.717, 1.165) is 15.4 Å². The van der Waals surface area contributed by atoms with Gasteiger partial charge in [-0.25, -0.2) is 8.42 Å². The molecular formula is C19H21NO4S. The van der Waals surface area contributed by atoms with Crippen molar-refractivity contribution < 1.29 is 18.6 Å². The molecule has 2 N–H and O–H groups in total. The van der Waals surface area contributed by atoms with E-state index in [-0.39, 0.29) is 18.0 Å². The molecule has 2 rings (SSSR count). The lowest BCUT2D eigenvalue weighted by Crippen LogP contribution is -2.39. The highest BCUT2D eigenvalue weighted by Gasteiger charge is 2.25. The zero-order valence-electron chi connectivity index (χ0n) is 14.0. The van der Waals surface area contributed by atoms with Gasteiger partial charge in [0.2, 0.25) is 10.0 Å². The summed E-state index contributed by atoms with van der Waals surface area (Å²) >= 11 is 0. The maximum atomic E-state index is 12.8. The van der Waals surface area contributed by atoms with E-state index in [1.54, 1.807) is 12.1 Å². The number of hydrogen-bond donors (Lipinski definition) is 2. The van der Waals surface area contributed by atoms with Crippen molar-refractivity contribution in [3.8, 4) is 11.8 Å². The number of rotatable bonds is 6. The fourth-order valence-electron chi connectivity index (χ4n) is 2.15. The molecule has 0 unspecified atom stereocenters. The van der Waals surface area contributed by atoms with E-state index in [0.29, 0.717) is 0 Å². The summed E-state index contributed by atoms with van der Waals surface area (Å²) in [6.07, 6.45) is -1.17. The Bertz CT molecular complexity index is 836. The highest BCUT2D eigenvalue weighted by molar-refractivity contribution is 7.89. The first-order chi connectivity index (χ1) is 11.9.